The van der Waals surface area contributed by atoms with Gasteiger partial charge in [0.2, 0.25) is 5.95 Å². The van der Waals surface area contributed by atoms with Crippen LogP contribution in [0.15, 0.2) is 54.9 Å². The second kappa shape index (κ2) is 7.39. The Morgan fingerprint density at radius 2 is 1.96 bits per heavy atom. The predicted molar refractivity (Wildman–Crippen MR) is 103 cm³/mol. The number of hydrogen-bond donors (Lipinski definition) is 2. The number of hydrogen-bond acceptors (Lipinski definition) is 6. The molecule has 0 atom stereocenters. The molecular formula is C20H21N5O. The Labute approximate surface area is 152 Å². The predicted octanol–water partition coefficient (Wildman–Crippen LogP) is 4.26. The largest absolute Gasteiger partial charge is 0.494 e. The topological polar surface area (TPSA) is 72.0 Å². The van der Waals surface area contributed by atoms with E-state index in [4.69, 9.17) is 4.74 Å². The number of pyridine rings is 1. The molecule has 3 aromatic rings. The van der Waals surface area contributed by atoms with Crippen LogP contribution in [0.5, 0.6) is 5.75 Å². The van der Waals surface area contributed by atoms with Crippen LogP contribution in [0.4, 0.5) is 17.5 Å². The third kappa shape index (κ3) is 4.08. The van der Waals surface area contributed by atoms with Crippen LogP contribution in [-0.4, -0.2) is 27.6 Å². The average molecular weight is 347 g/mol. The average Bonchev–Trinajstić information content (AvgIpc) is 3.48. The smallest absolute Gasteiger partial charge is 0.225 e. The fraction of sp³-hybridized carbons (Fsp3) is 0.250. The van der Waals surface area contributed by atoms with Crippen molar-refractivity contribution in [3.8, 4) is 17.0 Å². The summed E-state index contributed by atoms with van der Waals surface area (Å²) in [6.45, 7) is 2.63. The number of nitrogens with one attached hydrogen (secondary N) is 2. The fourth-order valence-electron chi connectivity index (χ4n) is 2.60. The molecule has 6 heteroatoms. The zero-order valence-electron chi connectivity index (χ0n) is 14.6. The van der Waals surface area contributed by atoms with Gasteiger partial charge in [0.25, 0.3) is 0 Å². The maximum atomic E-state index is 5.49. The molecule has 1 fully saturated rings. The first-order chi connectivity index (χ1) is 12.8. The Hall–Kier alpha value is -3.15. The summed E-state index contributed by atoms with van der Waals surface area (Å²) in [7, 11) is 0. The molecule has 0 aliphatic heterocycles. The third-order valence-electron chi connectivity index (χ3n) is 4.03. The maximum absolute atomic E-state index is 5.49. The number of nitrogens with zero attached hydrogens (tertiary/aromatic N) is 3. The van der Waals surface area contributed by atoms with Crippen molar-refractivity contribution in [1.82, 2.24) is 15.0 Å². The van der Waals surface area contributed by atoms with Gasteiger partial charge in [-0.2, -0.15) is 4.98 Å². The molecule has 1 aliphatic carbocycles. The van der Waals surface area contributed by atoms with Gasteiger partial charge in [0.15, 0.2) is 0 Å². The van der Waals surface area contributed by atoms with Gasteiger partial charge in [-0.05, 0) is 56.2 Å². The second-order valence-electron chi connectivity index (χ2n) is 6.20. The first kappa shape index (κ1) is 16.3. The van der Waals surface area contributed by atoms with Gasteiger partial charge >= 0.3 is 0 Å². The Kier molecular flexibility index (Phi) is 4.64. The second-order valence-corrected chi connectivity index (χ2v) is 6.20. The standard InChI is InChI=1S/C20H21N5O/c1-2-26-17-9-7-15(8-10-17)22-19-12-18(14-4-3-11-21-13-14)24-20(25-19)23-16-5-6-16/h3-4,7-13,16H,2,5-6H2,1H3,(H2,22,23,24,25). The summed E-state index contributed by atoms with van der Waals surface area (Å²) < 4.78 is 5.49. The van der Waals surface area contributed by atoms with E-state index in [1.807, 2.05) is 55.6 Å². The van der Waals surface area contributed by atoms with Gasteiger partial charge < -0.3 is 15.4 Å². The van der Waals surface area contributed by atoms with Crippen LogP contribution in [0.3, 0.4) is 0 Å². The van der Waals surface area contributed by atoms with Crippen molar-refractivity contribution in [3.63, 3.8) is 0 Å². The molecule has 2 N–H and O–H groups in total. The van der Waals surface area contributed by atoms with Gasteiger partial charge in [-0.3, -0.25) is 4.98 Å². The molecule has 2 heterocycles. The van der Waals surface area contributed by atoms with Crippen molar-refractivity contribution < 1.29 is 4.74 Å². The van der Waals surface area contributed by atoms with E-state index < -0.39 is 0 Å². The quantitative estimate of drug-likeness (QED) is 0.665. The first-order valence-corrected chi connectivity index (χ1v) is 8.86. The molecule has 26 heavy (non-hydrogen) atoms. The van der Waals surface area contributed by atoms with Crippen LogP contribution >= 0.6 is 0 Å². The molecular weight excluding hydrogens is 326 g/mol. The summed E-state index contributed by atoms with van der Waals surface area (Å²) >= 11 is 0. The molecule has 0 saturated heterocycles. The molecule has 4 rings (SSSR count). The molecule has 0 amide bonds. The van der Waals surface area contributed by atoms with Crippen LogP contribution in [0.2, 0.25) is 0 Å². The molecule has 1 saturated carbocycles. The van der Waals surface area contributed by atoms with Crippen molar-refractivity contribution in [3.05, 3.63) is 54.9 Å². The fourth-order valence-corrected chi connectivity index (χ4v) is 2.60. The van der Waals surface area contributed by atoms with Crippen molar-refractivity contribution in [2.75, 3.05) is 17.2 Å². The van der Waals surface area contributed by atoms with E-state index in [9.17, 15) is 0 Å². The van der Waals surface area contributed by atoms with Crippen molar-refractivity contribution >= 4 is 17.5 Å². The number of rotatable bonds is 7. The van der Waals surface area contributed by atoms with E-state index in [1.54, 1.807) is 6.20 Å². The van der Waals surface area contributed by atoms with Crippen molar-refractivity contribution in [1.29, 1.82) is 0 Å². The van der Waals surface area contributed by atoms with Gasteiger partial charge in [0.1, 0.15) is 11.6 Å². The molecule has 6 nitrogen and oxygen atoms in total. The lowest BCUT2D eigenvalue weighted by molar-refractivity contribution is 0.340. The van der Waals surface area contributed by atoms with Crippen LogP contribution in [0, 0.1) is 0 Å². The van der Waals surface area contributed by atoms with E-state index in [0.29, 0.717) is 18.6 Å². The van der Waals surface area contributed by atoms with Gasteiger partial charge in [-0.15, -0.1) is 0 Å². The SMILES string of the molecule is CCOc1ccc(Nc2cc(-c3cccnc3)nc(NC3CC3)n2)cc1. The highest BCUT2D eigenvalue weighted by atomic mass is 16.5. The van der Waals surface area contributed by atoms with E-state index in [0.717, 1.165) is 28.5 Å². The normalized spacial score (nSPS) is 13.3. The summed E-state index contributed by atoms with van der Waals surface area (Å²) in [4.78, 5) is 13.4. The monoisotopic (exact) mass is 347 g/mol. The molecule has 1 aromatic carbocycles. The molecule has 2 aromatic heterocycles. The maximum Gasteiger partial charge on any atom is 0.225 e. The van der Waals surface area contributed by atoms with Gasteiger partial charge in [-0.25, -0.2) is 4.98 Å². The van der Waals surface area contributed by atoms with E-state index in [2.05, 4.69) is 25.6 Å². The molecule has 0 spiro atoms. The van der Waals surface area contributed by atoms with Crippen molar-refractivity contribution in [2.45, 2.75) is 25.8 Å². The Morgan fingerprint density at radius 3 is 2.65 bits per heavy atom. The highest BCUT2D eigenvalue weighted by molar-refractivity contribution is 5.67. The van der Waals surface area contributed by atoms with Gasteiger partial charge in [0.05, 0.1) is 12.3 Å². The van der Waals surface area contributed by atoms with E-state index >= 15 is 0 Å². The lowest BCUT2D eigenvalue weighted by Crippen LogP contribution is -2.07. The van der Waals surface area contributed by atoms with E-state index in [1.165, 1.54) is 12.8 Å². The summed E-state index contributed by atoms with van der Waals surface area (Å²) in [6, 6.07) is 14.2. The summed E-state index contributed by atoms with van der Waals surface area (Å²) in [5.74, 6) is 2.24. The molecule has 0 radical (unpaired) electrons. The zero-order valence-corrected chi connectivity index (χ0v) is 14.6. The minimum Gasteiger partial charge on any atom is -0.494 e. The Balaban J connectivity index is 1.61. The minimum absolute atomic E-state index is 0.484. The third-order valence-corrected chi connectivity index (χ3v) is 4.03. The molecule has 132 valence electrons. The van der Waals surface area contributed by atoms with E-state index in [-0.39, 0.29) is 0 Å². The first-order valence-electron chi connectivity index (χ1n) is 8.86. The summed E-state index contributed by atoms with van der Waals surface area (Å²) in [6.07, 6.45) is 5.90. The lowest BCUT2D eigenvalue weighted by Gasteiger charge is -2.11. The number of aromatic nitrogens is 3. The Morgan fingerprint density at radius 1 is 1.12 bits per heavy atom. The Bertz CT molecular complexity index is 863. The van der Waals surface area contributed by atoms with Gasteiger partial charge in [-0.1, -0.05) is 0 Å². The minimum atomic E-state index is 0.484. The summed E-state index contributed by atoms with van der Waals surface area (Å²) in [5, 5.41) is 6.73. The van der Waals surface area contributed by atoms with Crippen LogP contribution in [0.25, 0.3) is 11.3 Å². The zero-order chi connectivity index (χ0) is 17.8. The molecule has 0 bridgehead atoms. The molecule has 1 aliphatic rings. The summed E-state index contributed by atoms with van der Waals surface area (Å²) in [5.41, 5.74) is 2.75. The lowest BCUT2D eigenvalue weighted by atomic mass is 10.2. The van der Waals surface area contributed by atoms with Crippen molar-refractivity contribution in [2.24, 2.45) is 0 Å². The number of benzene rings is 1. The molecule has 0 unspecified atom stereocenters. The van der Waals surface area contributed by atoms with Gasteiger partial charge in [0, 0.05) is 35.8 Å². The number of anilines is 3. The highest BCUT2D eigenvalue weighted by Gasteiger charge is 2.22. The van der Waals surface area contributed by atoms with Crippen LogP contribution < -0.4 is 15.4 Å². The highest BCUT2D eigenvalue weighted by Crippen LogP contribution is 2.27. The number of ether oxygens (including phenoxy) is 1. The van der Waals surface area contributed by atoms with Crippen LogP contribution in [-0.2, 0) is 0 Å². The van der Waals surface area contributed by atoms with Crippen LogP contribution in [0.1, 0.15) is 19.8 Å².